The monoisotopic (exact) mass is 690 g/mol. The number of aliphatic carboxylic acids is 1. The summed E-state index contributed by atoms with van der Waals surface area (Å²) >= 11 is 1.38. The average Bonchev–Trinajstić information content (AvgIpc) is 3.51. The van der Waals surface area contributed by atoms with Gasteiger partial charge in [0.2, 0.25) is 0 Å². The Morgan fingerprint density at radius 2 is 1.14 bits per heavy atom. The molecular weight excluding hydrogens is 659 g/mol. The molecule has 2 aromatic heterocycles. The summed E-state index contributed by atoms with van der Waals surface area (Å²) in [6.45, 7) is 1.10. The van der Waals surface area contributed by atoms with Crippen molar-refractivity contribution in [2.75, 3.05) is 0 Å². The molecule has 0 atom stereocenters. The normalized spacial score (nSPS) is 11.3. The van der Waals surface area contributed by atoms with E-state index in [2.05, 4.69) is 4.98 Å². The van der Waals surface area contributed by atoms with Gasteiger partial charge in [-0.15, -0.1) is 11.3 Å². The molecule has 7 nitrogen and oxygen atoms in total. The van der Waals surface area contributed by atoms with E-state index in [1.54, 1.807) is 30.6 Å². The van der Waals surface area contributed by atoms with E-state index in [-0.39, 0.29) is 5.57 Å². The fourth-order valence-electron chi connectivity index (χ4n) is 5.38. The summed E-state index contributed by atoms with van der Waals surface area (Å²) in [6.07, 6.45) is 4.67. The van der Waals surface area contributed by atoms with Gasteiger partial charge in [-0.05, 0) is 70.8 Å². The van der Waals surface area contributed by atoms with Gasteiger partial charge in [-0.3, -0.25) is 4.98 Å². The maximum absolute atomic E-state index is 12.4. The highest BCUT2D eigenvalue weighted by Gasteiger charge is 2.20. The third kappa shape index (κ3) is 8.44. The number of ether oxygens (including phenoxy) is 4. The first kappa shape index (κ1) is 33.1. The minimum absolute atomic E-state index is 0.000400. The molecule has 0 aliphatic heterocycles. The summed E-state index contributed by atoms with van der Waals surface area (Å²) < 4.78 is 26.1. The quantitative estimate of drug-likeness (QED) is 0.105. The number of pyridine rings is 1. The second kappa shape index (κ2) is 15.9. The molecule has 51 heavy (non-hydrogen) atoms. The average molecular weight is 691 g/mol. The number of aromatic nitrogens is 1. The minimum atomic E-state index is -1.32. The predicted molar refractivity (Wildman–Crippen MR) is 198 cm³/mol. The zero-order valence-corrected chi connectivity index (χ0v) is 28.3. The Kier molecular flexibility index (Phi) is 10.3. The van der Waals surface area contributed by atoms with Gasteiger partial charge in [-0.1, -0.05) is 91.0 Å². The molecule has 0 saturated carbocycles. The lowest BCUT2D eigenvalue weighted by Gasteiger charge is -2.14. The molecule has 2 heterocycles. The highest BCUT2D eigenvalue weighted by atomic mass is 32.1. The molecule has 0 bridgehead atoms. The molecule has 0 aliphatic rings. The van der Waals surface area contributed by atoms with Gasteiger partial charge in [0, 0.05) is 34.1 Å². The maximum Gasteiger partial charge on any atom is 0.163 e. The predicted octanol–water partition coefficient (Wildman–Crippen LogP) is 9.12. The van der Waals surface area contributed by atoms with E-state index in [0.717, 1.165) is 26.8 Å². The van der Waals surface area contributed by atoms with Crippen LogP contribution in [0.3, 0.4) is 0 Å². The molecule has 0 fully saturated rings. The number of carboxylic acids is 1. The number of carboxylic acid groups (broad SMARTS) is 1. The topological polar surface area (TPSA) is 89.9 Å². The van der Waals surface area contributed by atoms with Crippen LogP contribution in [-0.2, 0) is 24.6 Å². The van der Waals surface area contributed by atoms with Gasteiger partial charge in [0.25, 0.3) is 0 Å². The number of hydrogen-bond donors (Lipinski definition) is 0. The highest BCUT2D eigenvalue weighted by Crippen LogP contribution is 2.47. The first-order valence-electron chi connectivity index (χ1n) is 16.3. The summed E-state index contributed by atoms with van der Waals surface area (Å²) in [7, 11) is 0. The van der Waals surface area contributed by atoms with Gasteiger partial charge in [0.1, 0.15) is 31.3 Å². The number of fused-ring (bicyclic) bond motifs is 1. The van der Waals surface area contributed by atoms with Gasteiger partial charge in [-0.2, -0.15) is 0 Å². The van der Waals surface area contributed by atoms with Gasteiger partial charge in [0.15, 0.2) is 17.2 Å². The molecule has 0 aliphatic carbocycles. The summed E-state index contributed by atoms with van der Waals surface area (Å²) in [5.41, 5.74) is 3.54. The number of carbonyl (C=O) groups excluding carboxylic acids is 1. The van der Waals surface area contributed by atoms with Crippen molar-refractivity contribution in [3.8, 4) is 28.7 Å². The van der Waals surface area contributed by atoms with Crippen LogP contribution in [0, 0.1) is 0 Å². The maximum atomic E-state index is 12.4. The molecule has 8 heteroatoms. The van der Waals surface area contributed by atoms with Crippen molar-refractivity contribution < 1.29 is 28.8 Å². The Balaban J connectivity index is 1.28. The van der Waals surface area contributed by atoms with Crippen molar-refractivity contribution >= 4 is 39.0 Å². The van der Waals surface area contributed by atoms with E-state index in [1.807, 2.05) is 127 Å². The van der Waals surface area contributed by atoms with E-state index < -0.39 is 5.97 Å². The van der Waals surface area contributed by atoms with E-state index in [9.17, 15) is 9.90 Å². The van der Waals surface area contributed by atoms with Crippen LogP contribution in [0.2, 0.25) is 0 Å². The number of carbonyl (C=O) groups is 1. The van der Waals surface area contributed by atoms with Crippen LogP contribution < -0.4 is 24.1 Å². The lowest BCUT2D eigenvalue weighted by Crippen LogP contribution is -2.23. The Morgan fingerprint density at radius 3 is 1.69 bits per heavy atom. The lowest BCUT2D eigenvalue weighted by molar-refractivity contribution is -0.295. The van der Waals surface area contributed by atoms with Crippen LogP contribution in [0.1, 0.15) is 27.1 Å². The molecule has 7 rings (SSSR count). The van der Waals surface area contributed by atoms with Crippen molar-refractivity contribution in [1.82, 2.24) is 4.98 Å². The third-order valence-electron chi connectivity index (χ3n) is 7.99. The number of benzene rings is 5. The molecular formula is C43H32NO6S-. The summed E-state index contributed by atoms with van der Waals surface area (Å²) in [6, 6.07) is 44.1. The smallest absolute Gasteiger partial charge is 0.163 e. The van der Waals surface area contributed by atoms with Gasteiger partial charge in [0.05, 0.1) is 10.8 Å². The number of nitrogens with zero attached hydrogens (tertiary/aromatic N) is 1. The van der Waals surface area contributed by atoms with Crippen molar-refractivity contribution in [3.63, 3.8) is 0 Å². The number of thiophene rings is 1. The molecule has 252 valence electrons. The molecule has 0 amide bonds. The van der Waals surface area contributed by atoms with E-state index in [0.29, 0.717) is 59.0 Å². The molecule has 0 saturated heterocycles. The highest BCUT2D eigenvalue weighted by molar-refractivity contribution is 7.20. The van der Waals surface area contributed by atoms with Gasteiger partial charge < -0.3 is 28.8 Å². The minimum Gasteiger partial charge on any atom is -0.545 e. The Bertz CT molecular complexity index is 2240. The van der Waals surface area contributed by atoms with Crippen molar-refractivity contribution in [3.05, 3.63) is 179 Å². The first-order valence-corrected chi connectivity index (χ1v) is 17.1. The molecule has 0 unspecified atom stereocenters. The molecule has 0 N–H and O–H groups in total. The van der Waals surface area contributed by atoms with Crippen LogP contribution in [0.15, 0.2) is 152 Å². The standard InChI is InChI=1S/C43H33NO6S/c45-43(46)36(33-20-22-44-23-21-33)25-41-42(50-35-18-16-34(17-19-35)47-27-30-10-4-1-5-11-30)37-24-38(48-28-31-12-6-2-7-13-31)39(26-40(37)51-41)49-29-32-14-8-3-9-15-32/h1-26H,27-29H2,(H,45,46)/p-1/b36-25+. The van der Waals surface area contributed by atoms with Crippen molar-refractivity contribution in [2.45, 2.75) is 19.8 Å². The van der Waals surface area contributed by atoms with E-state index in [4.69, 9.17) is 18.9 Å². The first-order chi connectivity index (χ1) is 25.1. The second-order valence-corrected chi connectivity index (χ2v) is 12.7. The number of hydrogen-bond acceptors (Lipinski definition) is 8. The molecule has 7 aromatic rings. The summed E-state index contributed by atoms with van der Waals surface area (Å²) in [5.74, 6) is 1.48. The SMILES string of the molecule is O=C([O-])/C(=C/c1sc2cc(OCc3ccccc3)c(OCc3ccccc3)cc2c1Oc1ccc(OCc2ccccc2)cc1)c1ccncc1. The largest absolute Gasteiger partial charge is 0.545 e. The van der Waals surface area contributed by atoms with E-state index in [1.165, 1.54) is 11.3 Å². The Morgan fingerprint density at radius 1 is 0.627 bits per heavy atom. The molecule has 0 radical (unpaired) electrons. The van der Waals surface area contributed by atoms with Gasteiger partial charge in [-0.25, -0.2) is 0 Å². The number of rotatable bonds is 14. The zero-order valence-electron chi connectivity index (χ0n) is 27.4. The fraction of sp³-hybridized carbons (Fsp3) is 0.0698. The lowest BCUT2D eigenvalue weighted by atomic mass is 10.1. The fourth-order valence-corrected chi connectivity index (χ4v) is 6.47. The van der Waals surface area contributed by atoms with Crippen LogP contribution in [0.25, 0.3) is 21.7 Å². The molecule has 0 spiro atoms. The summed E-state index contributed by atoms with van der Waals surface area (Å²) in [5, 5.41) is 13.2. The zero-order chi connectivity index (χ0) is 34.8. The van der Waals surface area contributed by atoms with E-state index >= 15 is 0 Å². The van der Waals surface area contributed by atoms with Crippen molar-refractivity contribution in [2.24, 2.45) is 0 Å². The Hall–Kier alpha value is -6.38. The van der Waals surface area contributed by atoms with Crippen LogP contribution in [0.4, 0.5) is 0 Å². The molecule has 5 aromatic carbocycles. The van der Waals surface area contributed by atoms with Crippen molar-refractivity contribution in [1.29, 1.82) is 0 Å². The van der Waals surface area contributed by atoms with Crippen LogP contribution >= 0.6 is 11.3 Å². The summed E-state index contributed by atoms with van der Waals surface area (Å²) in [4.78, 5) is 17.1. The second-order valence-electron chi connectivity index (χ2n) is 11.6. The van der Waals surface area contributed by atoms with Crippen LogP contribution in [-0.4, -0.2) is 11.0 Å². The van der Waals surface area contributed by atoms with Gasteiger partial charge >= 0.3 is 0 Å². The van der Waals surface area contributed by atoms with Crippen LogP contribution in [0.5, 0.6) is 28.7 Å². The Labute approximate surface area is 299 Å². The third-order valence-corrected chi connectivity index (χ3v) is 9.07.